The molecule has 1 aliphatic rings. The second-order valence-corrected chi connectivity index (χ2v) is 7.70. The van der Waals surface area contributed by atoms with Gasteiger partial charge in [-0.3, -0.25) is 4.90 Å². The predicted molar refractivity (Wildman–Crippen MR) is 97.7 cm³/mol. The number of aromatic nitrogens is 4. The molecule has 132 valence electrons. The van der Waals surface area contributed by atoms with Gasteiger partial charge in [0.2, 0.25) is 5.89 Å². The Kier molecular flexibility index (Phi) is 4.63. The molecule has 0 bridgehead atoms. The van der Waals surface area contributed by atoms with Gasteiger partial charge in [-0.05, 0) is 17.4 Å². The molecular formula is C17H22N6OS. The molecule has 0 aliphatic carbocycles. The molecule has 3 aromatic heterocycles. The SMILES string of the molecule is CC(C)Cc1noc(CN2CCN(c3ncnc4sccc34)CC2)n1. The summed E-state index contributed by atoms with van der Waals surface area (Å²) < 4.78 is 5.39. The summed E-state index contributed by atoms with van der Waals surface area (Å²) in [7, 11) is 0. The lowest BCUT2D eigenvalue weighted by atomic mass is 10.1. The second kappa shape index (κ2) is 7.05. The summed E-state index contributed by atoms with van der Waals surface area (Å²) in [4.78, 5) is 19.1. The summed E-state index contributed by atoms with van der Waals surface area (Å²) in [5.41, 5.74) is 0. The van der Waals surface area contributed by atoms with Gasteiger partial charge in [0.1, 0.15) is 17.0 Å². The molecule has 0 atom stereocenters. The largest absolute Gasteiger partial charge is 0.353 e. The van der Waals surface area contributed by atoms with Crippen LogP contribution < -0.4 is 4.90 Å². The molecule has 0 saturated carbocycles. The fraction of sp³-hybridized carbons (Fsp3) is 0.529. The normalized spacial score (nSPS) is 16.2. The van der Waals surface area contributed by atoms with E-state index in [-0.39, 0.29) is 0 Å². The molecule has 1 aliphatic heterocycles. The molecule has 4 heterocycles. The van der Waals surface area contributed by atoms with Crippen LogP contribution in [0.5, 0.6) is 0 Å². The molecule has 4 rings (SSSR count). The van der Waals surface area contributed by atoms with Crippen LogP contribution in [0.4, 0.5) is 5.82 Å². The van der Waals surface area contributed by atoms with Crippen molar-refractivity contribution in [2.75, 3.05) is 31.1 Å². The Hall–Kier alpha value is -2.06. The molecule has 0 amide bonds. The molecule has 8 heteroatoms. The Bertz CT molecular complexity index is 836. The third-order valence-electron chi connectivity index (χ3n) is 4.37. The predicted octanol–water partition coefficient (Wildman–Crippen LogP) is 2.60. The minimum atomic E-state index is 0.538. The highest BCUT2D eigenvalue weighted by Crippen LogP contribution is 2.27. The molecule has 0 N–H and O–H groups in total. The summed E-state index contributed by atoms with van der Waals surface area (Å²) in [6.07, 6.45) is 2.52. The number of fused-ring (bicyclic) bond motifs is 1. The van der Waals surface area contributed by atoms with E-state index in [1.165, 1.54) is 0 Å². The number of anilines is 1. The van der Waals surface area contributed by atoms with Gasteiger partial charge in [0.15, 0.2) is 5.82 Å². The van der Waals surface area contributed by atoms with Crippen LogP contribution in [0.2, 0.25) is 0 Å². The first-order valence-electron chi connectivity index (χ1n) is 8.66. The van der Waals surface area contributed by atoms with Gasteiger partial charge < -0.3 is 9.42 Å². The topological polar surface area (TPSA) is 71.2 Å². The summed E-state index contributed by atoms with van der Waals surface area (Å²) >= 11 is 1.66. The maximum atomic E-state index is 5.39. The highest BCUT2D eigenvalue weighted by Gasteiger charge is 2.22. The third kappa shape index (κ3) is 3.64. The first-order chi connectivity index (χ1) is 12.2. The van der Waals surface area contributed by atoms with Gasteiger partial charge in [-0.1, -0.05) is 19.0 Å². The zero-order valence-electron chi connectivity index (χ0n) is 14.6. The highest BCUT2D eigenvalue weighted by atomic mass is 32.1. The van der Waals surface area contributed by atoms with Crippen LogP contribution in [0.3, 0.4) is 0 Å². The Morgan fingerprint density at radius 1 is 1.20 bits per heavy atom. The van der Waals surface area contributed by atoms with Gasteiger partial charge >= 0.3 is 0 Å². The maximum Gasteiger partial charge on any atom is 0.240 e. The van der Waals surface area contributed by atoms with Crippen LogP contribution in [0, 0.1) is 5.92 Å². The van der Waals surface area contributed by atoms with Crippen LogP contribution in [-0.2, 0) is 13.0 Å². The maximum absolute atomic E-state index is 5.39. The van der Waals surface area contributed by atoms with E-state index in [1.807, 2.05) is 0 Å². The lowest BCUT2D eigenvalue weighted by molar-refractivity contribution is 0.215. The fourth-order valence-corrected chi connectivity index (χ4v) is 3.87. The Morgan fingerprint density at radius 2 is 2.04 bits per heavy atom. The van der Waals surface area contributed by atoms with E-state index in [9.17, 15) is 0 Å². The smallest absolute Gasteiger partial charge is 0.240 e. The number of piperazine rings is 1. The van der Waals surface area contributed by atoms with Gasteiger partial charge in [-0.25, -0.2) is 9.97 Å². The van der Waals surface area contributed by atoms with Crippen molar-refractivity contribution in [3.05, 3.63) is 29.5 Å². The molecular weight excluding hydrogens is 336 g/mol. The lowest BCUT2D eigenvalue weighted by Crippen LogP contribution is -2.46. The van der Waals surface area contributed by atoms with E-state index < -0.39 is 0 Å². The molecule has 7 nitrogen and oxygen atoms in total. The van der Waals surface area contributed by atoms with Crippen molar-refractivity contribution in [2.24, 2.45) is 5.92 Å². The number of rotatable bonds is 5. The highest BCUT2D eigenvalue weighted by molar-refractivity contribution is 7.16. The van der Waals surface area contributed by atoms with Crippen molar-refractivity contribution < 1.29 is 4.52 Å². The van der Waals surface area contributed by atoms with E-state index in [2.05, 4.69) is 55.2 Å². The van der Waals surface area contributed by atoms with Crippen LogP contribution >= 0.6 is 11.3 Å². The number of thiophene rings is 1. The minimum absolute atomic E-state index is 0.538. The fourth-order valence-electron chi connectivity index (χ4n) is 3.14. The molecule has 0 radical (unpaired) electrons. The molecule has 0 spiro atoms. The Balaban J connectivity index is 1.37. The van der Waals surface area contributed by atoms with E-state index in [0.717, 1.165) is 61.0 Å². The van der Waals surface area contributed by atoms with Gasteiger partial charge in [-0.15, -0.1) is 11.3 Å². The van der Waals surface area contributed by atoms with Crippen LogP contribution in [0.15, 0.2) is 22.3 Å². The van der Waals surface area contributed by atoms with E-state index in [1.54, 1.807) is 17.7 Å². The molecule has 1 fully saturated rings. The summed E-state index contributed by atoms with van der Waals surface area (Å²) in [5.74, 6) is 3.11. The van der Waals surface area contributed by atoms with Crippen molar-refractivity contribution in [2.45, 2.75) is 26.8 Å². The number of hydrogen-bond donors (Lipinski definition) is 0. The van der Waals surface area contributed by atoms with E-state index in [4.69, 9.17) is 4.52 Å². The van der Waals surface area contributed by atoms with Crippen LogP contribution in [-0.4, -0.2) is 51.2 Å². The Labute approximate surface area is 150 Å². The summed E-state index contributed by atoms with van der Waals surface area (Å²) in [6.45, 7) is 8.83. The monoisotopic (exact) mass is 358 g/mol. The first kappa shape index (κ1) is 16.4. The van der Waals surface area contributed by atoms with E-state index in [0.29, 0.717) is 11.8 Å². The van der Waals surface area contributed by atoms with E-state index >= 15 is 0 Å². The van der Waals surface area contributed by atoms with Gasteiger partial charge in [0, 0.05) is 32.6 Å². The first-order valence-corrected chi connectivity index (χ1v) is 9.54. The third-order valence-corrected chi connectivity index (χ3v) is 5.19. The number of hydrogen-bond acceptors (Lipinski definition) is 8. The van der Waals surface area contributed by atoms with Gasteiger partial charge in [-0.2, -0.15) is 4.98 Å². The van der Waals surface area contributed by atoms with Gasteiger partial charge in [0.25, 0.3) is 0 Å². The summed E-state index contributed by atoms with van der Waals surface area (Å²) in [6, 6.07) is 2.11. The standard InChI is InChI=1S/C17H22N6OS/c1-12(2)9-14-20-15(24-21-14)10-22-4-6-23(7-5-22)16-13-3-8-25-17(13)19-11-18-16/h3,8,11-12H,4-7,9-10H2,1-2H3. The minimum Gasteiger partial charge on any atom is -0.353 e. The molecule has 0 unspecified atom stereocenters. The quantitative estimate of drug-likeness (QED) is 0.694. The van der Waals surface area contributed by atoms with Crippen molar-refractivity contribution >= 4 is 27.4 Å². The molecule has 25 heavy (non-hydrogen) atoms. The zero-order valence-corrected chi connectivity index (χ0v) is 15.4. The average molecular weight is 358 g/mol. The van der Waals surface area contributed by atoms with Crippen molar-refractivity contribution in [3.63, 3.8) is 0 Å². The lowest BCUT2D eigenvalue weighted by Gasteiger charge is -2.34. The van der Waals surface area contributed by atoms with Crippen LogP contribution in [0.25, 0.3) is 10.2 Å². The van der Waals surface area contributed by atoms with Crippen molar-refractivity contribution in [3.8, 4) is 0 Å². The Morgan fingerprint density at radius 3 is 2.84 bits per heavy atom. The second-order valence-electron chi connectivity index (χ2n) is 6.80. The van der Waals surface area contributed by atoms with Gasteiger partial charge in [0.05, 0.1) is 11.9 Å². The molecule has 3 aromatic rings. The molecule has 0 aromatic carbocycles. The van der Waals surface area contributed by atoms with Crippen molar-refractivity contribution in [1.82, 2.24) is 25.0 Å². The molecule has 1 saturated heterocycles. The zero-order chi connectivity index (χ0) is 17.2. The number of nitrogens with zero attached hydrogens (tertiary/aromatic N) is 6. The summed E-state index contributed by atoms with van der Waals surface area (Å²) in [5, 5.41) is 7.30. The van der Waals surface area contributed by atoms with Crippen molar-refractivity contribution in [1.29, 1.82) is 0 Å². The van der Waals surface area contributed by atoms with Crippen LogP contribution in [0.1, 0.15) is 25.6 Å². The average Bonchev–Trinajstić information content (AvgIpc) is 3.24.